The molecule has 0 spiro atoms. The molecule has 0 aromatic heterocycles. The van der Waals surface area contributed by atoms with Crippen LogP contribution in [-0.2, 0) is 4.79 Å². The van der Waals surface area contributed by atoms with Crippen LogP contribution >= 0.6 is 0 Å². The summed E-state index contributed by atoms with van der Waals surface area (Å²) in [6.45, 7) is 0. The largest absolute Gasteiger partial charge is 0.497 e. The topological polar surface area (TPSA) is 77.1 Å². The standard InChI is InChI=1S/C25H21N3O2/c1-30-19-11-8-17(9-12-19)22-23(24(29)18-6-7-18)28-20-5-3-2-4-16(20)10-13-21(28)25(22,14-26)15-27/h2-5,8-13,18,21-23H,6-7H2,1H3/t21-,22+,23-/m1/s1. The van der Waals surface area contributed by atoms with E-state index in [1.807, 2.05) is 65.6 Å². The number of rotatable bonds is 4. The molecule has 0 radical (unpaired) electrons. The average molecular weight is 395 g/mol. The van der Waals surface area contributed by atoms with Crippen molar-refractivity contribution in [3.8, 4) is 17.9 Å². The Balaban J connectivity index is 1.74. The molecule has 30 heavy (non-hydrogen) atoms. The molecule has 5 nitrogen and oxygen atoms in total. The van der Waals surface area contributed by atoms with E-state index < -0.39 is 23.4 Å². The van der Waals surface area contributed by atoms with Crippen LogP contribution in [-0.4, -0.2) is 25.0 Å². The number of nitrogens with zero attached hydrogens (tertiary/aromatic N) is 3. The lowest BCUT2D eigenvalue weighted by Gasteiger charge is -2.35. The molecular weight excluding hydrogens is 374 g/mol. The minimum Gasteiger partial charge on any atom is -0.497 e. The third-order valence-corrected chi connectivity index (χ3v) is 6.66. The van der Waals surface area contributed by atoms with Crippen molar-refractivity contribution < 1.29 is 9.53 Å². The zero-order valence-electron chi connectivity index (χ0n) is 16.7. The fraction of sp³-hybridized carbons (Fsp3) is 0.320. The molecule has 0 amide bonds. The third kappa shape index (κ3) is 2.49. The summed E-state index contributed by atoms with van der Waals surface area (Å²) in [5, 5.41) is 20.6. The maximum Gasteiger partial charge on any atom is 0.176 e. The van der Waals surface area contributed by atoms with Gasteiger partial charge in [-0.05, 0) is 42.2 Å². The molecule has 2 aromatic rings. The van der Waals surface area contributed by atoms with Gasteiger partial charge in [-0.3, -0.25) is 4.79 Å². The zero-order valence-corrected chi connectivity index (χ0v) is 16.7. The maximum absolute atomic E-state index is 13.6. The first-order valence-corrected chi connectivity index (χ1v) is 10.2. The molecule has 5 rings (SSSR count). The number of carbonyl (C=O) groups is 1. The molecule has 1 aliphatic carbocycles. The van der Waals surface area contributed by atoms with Crippen LogP contribution in [0.3, 0.4) is 0 Å². The van der Waals surface area contributed by atoms with Crippen molar-refractivity contribution >= 4 is 17.5 Å². The maximum atomic E-state index is 13.6. The smallest absolute Gasteiger partial charge is 0.176 e. The van der Waals surface area contributed by atoms with E-state index in [0.717, 1.165) is 29.7 Å². The molecule has 5 heteroatoms. The van der Waals surface area contributed by atoms with Crippen molar-refractivity contribution in [3.63, 3.8) is 0 Å². The van der Waals surface area contributed by atoms with Crippen LogP contribution < -0.4 is 9.64 Å². The second-order valence-electron chi connectivity index (χ2n) is 8.23. The number of anilines is 1. The third-order valence-electron chi connectivity index (χ3n) is 6.66. The zero-order chi connectivity index (χ0) is 20.9. The Kier molecular flexibility index (Phi) is 4.15. The molecule has 2 fully saturated rings. The second kappa shape index (κ2) is 6.75. The fourth-order valence-corrected chi connectivity index (χ4v) is 5.05. The van der Waals surface area contributed by atoms with E-state index >= 15 is 0 Å². The van der Waals surface area contributed by atoms with Crippen molar-refractivity contribution in [3.05, 3.63) is 65.7 Å². The van der Waals surface area contributed by atoms with E-state index in [4.69, 9.17) is 4.74 Å². The van der Waals surface area contributed by atoms with Gasteiger partial charge in [-0.25, -0.2) is 0 Å². The summed E-state index contributed by atoms with van der Waals surface area (Å²) in [6, 6.07) is 18.9. The second-order valence-corrected chi connectivity index (χ2v) is 8.23. The van der Waals surface area contributed by atoms with Crippen molar-refractivity contribution in [2.75, 3.05) is 12.0 Å². The molecule has 1 saturated carbocycles. The lowest BCUT2D eigenvalue weighted by atomic mass is 9.69. The number of para-hydroxylation sites is 1. The molecular formula is C25H21N3O2. The van der Waals surface area contributed by atoms with Crippen LogP contribution in [0.2, 0.25) is 0 Å². The predicted octanol–water partition coefficient (Wildman–Crippen LogP) is 4.08. The highest BCUT2D eigenvalue weighted by molar-refractivity contribution is 5.95. The summed E-state index contributed by atoms with van der Waals surface area (Å²) >= 11 is 0. The van der Waals surface area contributed by atoms with Gasteiger partial charge in [0.15, 0.2) is 11.2 Å². The van der Waals surface area contributed by atoms with Crippen LogP contribution in [0.4, 0.5) is 5.69 Å². The first-order chi connectivity index (χ1) is 14.6. The van der Waals surface area contributed by atoms with Crippen LogP contribution in [0.15, 0.2) is 54.6 Å². The van der Waals surface area contributed by atoms with Gasteiger partial charge in [-0.2, -0.15) is 10.5 Å². The average Bonchev–Trinajstić information content (AvgIpc) is 3.60. The van der Waals surface area contributed by atoms with Gasteiger partial charge < -0.3 is 9.64 Å². The number of Topliss-reactive ketones (excluding diaryl/α,β-unsaturated/α-hetero) is 1. The van der Waals surface area contributed by atoms with E-state index in [2.05, 4.69) is 12.1 Å². The Hall–Kier alpha value is -3.57. The Morgan fingerprint density at radius 2 is 1.80 bits per heavy atom. The summed E-state index contributed by atoms with van der Waals surface area (Å²) in [6.07, 6.45) is 5.65. The van der Waals surface area contributed by atoms with Crippen LogP contribution in [0.1, 0.15) is 29.9 Å². The summed E-state index contributed by atoms with van der Waals surface area (Å²) in [4.78, 5) is 15.6. The van der Waals surface area contributed by atoms with Crippen LogP contribution in [0.25, 0.3) is 6.08 Å². The minimum absolute atomic E-state index is 0.0163. The van der Waals surface area contributed by atoms with E-state index in [1.165, 1.54) is 0 Å². The van der Waals surface area contributed by atoms with Crippen molar-refractivity contribution in [1.29, 1.82) is 10.5 Å². The fourth-order valence-electron chi connectivity index (χ4n) is 5.05. The van der Waals surface area contributed by atoms with E-state index in [0.29, 0.717) is 5.75 Å². The minimum atomic E-state index is -1.37. The molecule has 2 aromatic carbocycles. The molecule has 2 heterocycles. The van der Waals surface area contributed by atoms with Gasteiger partial charge in [0, 0.05) is 17.5 Å². The van der Waals surface area contributed by atoms with Gasteiger partial charge in [0.25, 0.3) is 0 Å². The monoisotopic (exact) mass is 395 g/mol. The lowest BCUT2D eigenvalue weighted by Crippen LogP contribution is -2.44. The van der Waals surface area contributed by atoms with Crippen molar-refractivity contribution in [1.82, 2.24) is 0 Å². The molecule has 2 aliphatic heterocycles. The van der Waals surface area contributed by atoms with E-state index in [1.54, 1.807) is 7.11 Å². The number of fused-ring (bicyclic) bond motifs is 3. The summed E-state index contributed by atoms with van der Waals surface area (Å²) in [5.74, 6) is 0.303. The summed E-state index contributed by atoms with van der Waals surface area (Å²) < 4.78 is 5.28. The van der Waals surface area contributed by atoms with Gasteiger partial charge >= 0.3 is 0 Å². The normalized spacial score (nSPS) is 25.6. The van der Waals surface area contributed by atoms with E-state index in [-0.39, 0.29) is 11.7 Å². The molecule has 0 bridgehead atoms. The number of benzene rings is 2. The number of ether oxygens (including phenoxy) is 1. The highest BCUT2D eigenvalue weighted by atomic mass is 16.5. The van der Waals surface area contributed by atoms with Crippen molar-refractivity contribution in [2.45, 2.75) is 30.8 Å². The number of hydrogen-bond acceptors (Lipinski definition) is 5. The SMILES string of the molecule is COc1ccc([C@H]2[C@H](C(=O)C3CC3)N3c4ccccc4C=C[C@@H]3C2(C#N)C#N)cc1. The van der Waals surface area contributed by atoms with Gasteiger partial charge in [0.2, 0.25) is 0 Å². The van der Waals surface area contributed by atoms with E-state index in [9.17, 15) is 15.3 Å². The number of methoxy groups -OCH3 is 1. The van der Waals surface area contributed by atoms with Crippen molar-refractivity contribution in [2.24, 2.45) is 11.3 Å². The first kappa shape index (κ1) is 18.5. The molecule has 0 unspecified atom stereocenters. The Bertz CT molecular complexity index is 1100. The van der Waals surface area contributed by atoms with Gasteiger partial charge in [-0.1, -0.05) is 42.5 Å². The molecule has 3 atom stereocenters. The number of carbonyl (C=O) groups excluding carboxylic acids is 1. The van der Waals surface area contributed by atoms with Crippen LogP contribution in [0, 0.1) is 34.0 Å². The highest BCUT2D eigenvalue weighted by Crippen LogP contribution is 2.56. The number of nitriles is 2. The van der Waals surface area contributed by atoms with Gasteiger partial charge in [-0.15, -0.1) is 0 Å². The number of ketones is 1. The Labute approximate surface area is 175 Å². The predicted molar refractivity (Wildman–Crippen MR) is 113 cm³/mol. The molecule has 3 aliphatic rings. The molecule has 0 N–H and O–H groups in total. The lowest BCUT2D eigenvalue weighted by molar-refractivity contribution is -0.121. The first-order valence-electron chi connectivity index (χ1n) is 10.2. The summed E-state index contributed by atoms with van der Waals surface area (Å²) in [5.41, 5.74) is 1.36. The number of hydrogen-bond donors (Lipinski definition) is 0. The highest BCUT2D eigenvalue weighted by Gasteiger charge is 2.64. The van der Waals surface area contributed by atoms with Gasteiger partial charge in [0.1, 0.15) is 5.75 Å². The van der Waals surface area contributed by atoms with Gasteiger partial charge in [0.05, 0.1) is 31.3 Å². The Morgan fingerprint density at radius 1 is 1.10 bits per heavy atom. The van der Waals surface area contributed by atoms with Crippen LogP contribution in [0.5, 0.6) is 5.75 Å². The quantitative estimate of drug-likeness (QED) is 0.780. The molecule has 148 valence electrons. The molecule has 1 saturated heterocycles. The summed E-state index contributed by atoms with van der Waals surface area (Å²) in [7, 11) is 1.60. The Morgan fingerprint density at radius 3 is 2.43 bits per heavy atom.